The minimum atomic E-state index is -1.51. The van der Waals surface area contributed by atoms with E-state index in [-0.39, 0.29) is 70.0 Å². The van der Waals surface area contributed by atoms with Crippen molar-refractivity contribution in [2.75, 3.05) is 19.6 Å². The van der Waals surface area contributed by atoms with Gasteiger partial charge in [0.1, 0.15) is 41.4 Å². The number of aliphatic carboxylic acids is 1. The number of rotatable bonds is 31. The van der Waals surface area contributed by atoms with Crippen molar-refractivity contribution in [3.63, 3.8) is 0 Å². The second-order valence-electron chi connectivity index (χ2n) is 23.8. The molecule has 2 saturated heterocycles. The number of carboxylic acids is 1. The molecule has 0 bridgehead atoms. The average Bonchev–Trinajstić information content (AvgIpc) is 4.00. The maximum atomic E-state index is 14.6. The second-order valence-corrected chi connectivity index (χ2v) is 23.8. The summed E-state index contributed by atoms with van der Waals surface area (Å²) in [5, 5.41) is 44.8. The van der Waals surface area contributed by atoms with Gasteiger partial charge in [-0.3, -0.25) is 33.6 Å². The summed E-state index contributed by atoms with van der Waals surface area (Å²) in [4.78, 5) is 138. The van der Waals surface area contributed by atoms with Crippen molar-refractivity contribution in [1.82, 2.24) is 36.4 Å². The van der Waals surface area contributed by atoms with Crippen molar-refractivity contribution in [3.05, 3.63) is 0 Å². The summed E-state index contributed by atoms with van der Waals surface area (Å²) in [5.41, 5.74) is -1.61. The third-order valence-corrected chi connectivity index (χ3v) is 13.4. The summed E-state index contributed by atoms with van der Waals surface area (Å²) in [5.74, 6) is -8.13. The maximum Gasteiger partial charge on any atom is 0.408 e. The number of ether oxygens (including phenoxy) is 2. The van der Waals surface area contributed by atoms with Crippen LogP contribution >= 0.6 is 0 Å². The van der Waals surface area contributed by atoms with Crippen molar-refractivity contribution >= 4 is 59.3 Å². The average molecular weight is 1090 g/mol. The summed E-state index contributed by atoms with van der Waals surface area (Å²) >= 11 is 0. The highest BCUT2D eigenvalue weighted by Gasteiger charge is 2.44. The number of hydrogen-bond donors (Lipinski definition) is 8. The predicted molar refractivity (Wildman–Crippen MR) is 287 cm³/mol. The van der Waals surface area contributed by atoms with E-state index < -0.39 is 144 Å². The Balaban J connectivity index is 2.29. The quantitative estimate of drug-likeness (QED) is 0.0437. The Labute approximate surface area is 456 Å². The number of aliphatic hydroxyl groups is 2. The molecular weight excluding hydrogens is 999 g/mol. The van der Waals surface area contributed by atoms with Gasteiger partial charge in [-0.05, 0) is 131 Å². The van der Waals surface area contributed by atoms with E-state index in [0.29, 0.717) is 32.1 Å². The van der Waals surface area contributed by atoms with Gasteiger partial charge in [0, 0.05) is 38.4 Å². The van der Waals surface area contributed by atoms with Crippen LogP contribution in [0.3, 0.4) is 0 Å². The maximum absolute atomic E-state index is 14.6. The summed E-state index contributed by atoms with van der Waals surface area (Å²) in [6.45, 7) is 22.7. The Kier molecular flexibility index (Phi) is 28.0. The molecule has 8 N–H and O–H groups in total. The van der Waals surface area contributed by atoms with Crippen LogP contribution in [0.4, 0.5) is 9.59 Å². The van der Waals surface area contributed by atoms with Gasteiger partial charge in [-0.1, -0.05) is 53.9 Å². The molecule has 2 unspecified atom stereocenters. The normalized spacial score (nSPS) is 19.0. The van der Waals surface area contributed by atoms with Crippen LogP contribution in [0.15, 0.2) is 0 Å². The van der Waals surface area contributed by atoms with E-state index in [2.05, 4.69) is 26.6 Å². The van der Waals surface area contributed by atoms with Crippen LogP contribution in [-0.4, -0.2) is 164 Å². The molecule has 440 valence electrons. The number of carboxylic acid groups (broad SMARTS) is 1. The highest BCUT2D eigenvalue weighted by atomic mass is 16.6. The Morgan fingerprint density at radius 1 is 0.597 bits per heavy atom. The number of carbonyl (C=O) groups excluding carboxylic acids is 9. The number of unbranched alkanes of at least 4 members (excludes halogenated alkanes) is 3. The minimum Gasteiger partial charge on any atom is -0.480 e. The summed E-state index contributed by atoms with van der Waals surface area (Å²) in [6, 6.07) is -7.00. The van der Waals surface area contributed by atoms with Crippen molar-refractivity contribution in [1.29, 1.82) is 0 Å². The lowest BCUT2D eigenvalue weighted by Crippen LogP contribution is -2.56. The first-order valence-corrected chi connectivity index (χ1v) is 27.9. The van der Waals surface area contributed by atoms with E-state index in [9.17, 15) is 63.3 Å². The van der Waals surface area contributed by atoms with Gasteiger partial charge in [0.2, 0.25) is 29.5 Å². The first-order chi connectivity index (χ1) is 35.8. The van der Waals surface area contributed by atoms with E-state index in [1.165, 1.54) is 23.6 Å². The van der Waals surface area contributed by atoms with Crippen molar-refractivity contribution < 1.29 is 72.7 Å². The van der Waals surface area contributed by atoms with Gasteiger partial charge in [-0.2, -0.15) is 0 Å². The fourth-order valence-electron chi connectivity index (χ4n) is 9.65. The van der Waals surface area contributed by atoms with Gasteiger partial charge in [-0.15, -0.1) is 0 Å². The van der Waals surface area contributed by atoms with E-state index in [0.717, 1.165) is 12.8 Å². The zero-order valence-corrected chi connectivity index (χ0v) is 48.3. The molecule has 2 aliphatic heterocycles. The van der Waals surface area contributed by atoms with Crippen LogP contribution in [0.1, 0.15) is 186 Å². The first-order valence-electron chi connectivity index (χ1n) is 27.9. The number of nitrogens with one attached hydrogen (secondary N) is 5. The molecule has 0 saturated carbocycles. The van der Waals surface area contributed by atoms with Crippen LogP contribution in [-0.2, 0) is 47.8 Å². The largest absolute Gasteiger partial charge is 0.480 e. The van der Waals surface area contributed by atoms with Crippen LogP contribution in [0.5, 0.6) is 0 Å². The fourth-order valence-corrected chi connectivity index (χ4v) is 9.65. The third-order valence-electron chi connectivity index (χ3n) is 13.4. The SMILES string of the molecule is CCCCC[C@@H](NC(=O)[C@@H]1CCCN1C(=O)[C@@H](CC(=O)[C@H]1CCCN1C(=O)[C@@H](CC(C)C)NC(=O)[C@@H](CC(=O)C(NC(=O)[C@H](CCCCNC(=O)OC(C)(C)C)NC(=O)OC(C)(C)C)[C@H](C)O)CC(C)C)C(C)O)C(=O)O. The molecule has 0 aromatic carbocycles. The highest BCUT2D eigenvalue weighted by molar-refractivity contribution is 5.98. The zero-order valence-electron chi connectivity index (χ0n) is 48.3. The smallest absolute Gasteiger partial charge is 0.408 e. The van der Waals surface area contributed by atoms with E-state index in [1.54, 1.807) is 41.5 Å². The molecule has 0 aromatic heterocycles. The number of alkyl carbamates (subject to hydrolysis) is 2. The highest BCUT2D eigenvalue weighted by Crippen LogP contribution is 2.28. The van der Waals surface area contributed by atoms with Crippen molar-refractivity contribution in [2.45, 2.75) is 246 Å². The molecule has 22 nitrogen and oxygen atoms in total. The number of aliphatic hydroxyl groups excluding tert-OH is 2. The monoisotopic (exact) mass is 1090 g/mol. The van der Waals surface area contributed by atoms with Crippen LogP contribution in [0.2, 0.25) is 0 Å². The zero-order chi connectivity index (χ0) is 58.5. The lowest BCUT2D eigenvalue weighted by Gasteiger charge is -2.33. The molecule has 2 aliphatic rings. The molecule has 10 atom stereocenters. The molecule has 7 amide bonds. The minimum absolute atomic E-state index is 0.0601. The molecule has 2 heterocycles. The third kappa shape index (κ3) is 24.0. The van der Waals surface area contributed by atoms with Gasteiger partial charge in [0.25, 0.3) is 0 Å². The van der Waals surface area contributed by atoms with Gasteiger partial charge >= 0.3 is 18.2 Å². The van der Waals surface area contributed by atoms with E-state index in [4.69, 9.17) is 9.47 Å². The molecule has 0 spiro atoms. The summed E-state index contributed by atoms with van der Waals surface area (Å²) in [6.07, 6.45) is -0.155. The van der Waals surface area contributed by atoms with E-state index >= 15 is 0 Å². The number of carbonyl (C=O) groups is 10. The Morgan fingerprint density at radius 2 is 1.14 bits per heavy atom. The number of amides is 7. The van der Waals surface area contributed by atoms with Gasteiger partial charge in [0.15, 0.2) is 11.6 Å². The molecule has 0 aromatic rings. The summed E-state index contributed by atoms with van der Waals surface area (Å²) < 4.78 is 10.7. The van der Waals surface area contributed by atoms with Crippen LogP contribution < -0.4 is 26.6 Å². The number of hydrogen-bond acceptors (Lipinski definition) is 14. The number of Topliss-reactive ketones (excluding diaryl/α,β-unsaturated/α-hetero) is 2. The Bertz CT molecular complexity index is 2000. The Morgan fingerprint density at radius 3 is 1.68 bits per heavy atom. The number of ketones is 2. The lowest BCUT2D eigenvalue weighted by atomic mass is 9.88. The number of nitrogens with zero attached hydrogens (tertiary/aromatic N) is 2. The van der Waals surface area contributed by atoms with Crippen LogP contribution in [0, 0.1) is 23.7 Å². The van der Waals surface area contributed by atoms with Gasteiger partial charge in [0.05, 0.1) is 24.2 Å². The molecule has 2 fully saturated rings. The van der Waals surface area contributed by atoms with Gasteiger partial charge < -0.3 is 61.2 Å². The van der Waals surface area contributed by atoms with Crippen LogP contribution in [0.25, 0.3) is 0 Å². The standard InChI is InChI=1S/C55H95N7O15/c1-14-15-16-22-39(51(72)73)57-48(69)42-24-20-27-62(42)49(70)37(34(6)63)31-43(65)41-23-19-26-61(41)50(71)40(29-33(4)5)58-46(67)36(28-32(2)3)30-44(66)45(35(7)64)60-47(68)38(59-53(75)77-55(11,12)13)21-17-18-25-56-52(74)76-54(8,9)10/h32-42,45,63-64H,14-31H2,1-13H3,(H,56,74)(H,57,69)(H,58,67)(H,59,75)(H,60,68)(H,72,73)/t34?,35-,36+,37-,38-,39+,40+,41+,42-,45?/m0/s1. The molecule has 0 radical (unpaired) electrons. The molecule has 22 heteroatoms. The van der Waals surface area contributed by atoms with Crippen molar-refractivity contribution in [2.24, 2.45) is 23.7 Å². The van der Waals surface area contributed by atoms with Crippen molar-refractivity contribution in [3.8, 4) is 0 Å². The molecular formula is C55H95N7O15. The van der Waals surface area contributed by atoms with E-state index in [1.807, 2.05) is 34.6 Å². The predicted octanol–water partition coefficient (Wildman–Crippen LogP) is 4.68. The van der Waals surface area contributed by atoms with Gasteiger partial charge in [-0.25, -0.2) is 14.4 Å². The Hall–Kier alpha value is -5.38. The second kappa shape index (κ2) is 31.9. The summed E-state index contributed by atoms with van der Waals surface area (Å²) in [7, 11) is 0. The lowest BCUT2D eigenvalue weighted by molar-refractivity contribution is -0.148. The molecule has 0 aliphatic carbocycles. The molecule has 77 heavy (non-hydrogen) atoms. The molecule has 2 rings (SSSR count). The number of likely N-dealkylation sites (tertiary alicyclic amines) is 2. The topological polar surface area (TPSA) is 316 Å². The fraction of sp³-hybridized carbons (Fsp3) is 0.818. The first kappa shape index (κ1) is 67.7.